The van der Waals surface area contributed by atoms with E-state index in [0.29, 0.717) is 12.1 Å². The molecule has 0 amide bonds. The highest BCUT2D eigenvalue weighted by molar-refractivity contribution is 5.60. The van der Waals surface area contributed by atoms with Crippen molar-refractivity contribution in [3.63, 3.8) is 0 Å². The summed E-state index contributed by atoms with van der Waals surface area (Å²) >= 11 is 0. The average molecular weight is 253 g/mol. The summed E-state index contributed by atoms with van der Waals surface area (Å²) in [7, 11) is 1.93. The number of benzene rings is 1. The zero-order valence-corrected chi connectivity index (χ0v) is 10.7. The van der Waals surface area contributed by atoms with Crippen LogP contribution in [0.4, 0.5) is 5.69 Å². The Morgan fingerprint density at radius 3 is 2.79 bits per heavy atom. The van der Waals surface area contributed by atoms with E-state index in [0.717, 1.165) is 16.8 Å². The van der Waals surface area contributed by atoms with Crippen molar-refractivity contribution in [2.75, 3.05) is 11.9 Å². The lowest BCUT2D eigenvalue weighted by Crippen LogP contribution is -2.17. The molecule has 1 N–H and O–H groups in total. The van der Waals surface area contributed by atoms with Crippen LogP contribution >= 0.6 is 0 Å². The van der Waals surface area contributed by atoms with Gasteiger partial charge in [-0.05, 0) is 29.3 Å². The SMILES string of the molecule is CN(Cc1cccnc1)c1ccc(CO)cc1C#N. The van der Waals surface area contributed by atoms with Crippen LogP contribution in [0.25, 0.3) is 0 Å². The Balaban J connectivity index is 2.24. The van der Waals surface area contributed by atoms with E-state index >= 15 is 0 Å². The fraction of sp³-hybridized carbons (Fsp3) is 0.200. The molecule has 4 nitrogen and oxygen atoms in total. The van der Waals surface area contributed by atoms with Crippen molar-refractivity contribution in [1.82, 2.24) is 4.98 Å². The van der Waals surface area contributed by atoms with Gasteiger partial charge in [-0.3, -0.25) is 4.98 Å². The minimum absolute atomic E-state index is 0.0543. The summed E-state index contributed by atoms with van der Waals surface area (Å²) in [6, 6.07) is 11.5. The van der Waals surface area contributed by atoms with Crippen LogP contribution in [0, 0.1) is 11.3 Å². The van der Waals surface area contributed by atoms with Crippen LogP contribution in [-0.4, -0.2) is 17.1 Å². The summed E-state index contributed by atoms with van der Waals surface area (Å²) in [6.45, 7) is 0.627. The number of hydrogen-bond acceptors (Lipinski definition) is 4. The third-order valence-corrected chi connectivity index (χ3v) is 2.92. The molecule has 0 aliphatic heterocycles. The molecule has 0 aliphatic carbocycles. The molecule has 0 bridgehead atoms. The Morgan fingerprint density at radius 1 is 1.32 bits per heavy atom. The molecule has 1 heterocycles. The number of rotatable bonds is 4. The van der Waals surface area contributed by atoms with E-state index in [1.165, 1.54) is 0 Å². The number of aromatic nitrogens is 1. The van der Waals surface area contributed by atoms with Gasteiger partial charge in [0.15, 0.2) is 0 Å². The molecule has 0 aliphatic rings. The summed E-state index contributed by atoms with van der Waals surface area (Å²) in [4.78, 5) is 6.07. The topological polar surface area (TPSA) is 60.1 Å². The zero-order valence-electron chi connectivity index (χ0n) is 10.7. The fourth-order valence-electron chi connectivity index (χ4n) is 1.95. The lowest BCUT2D eigenvalue weighted by atomic mass is 10.1. The first-order valence-corrected chi connectivity index (χ1v) is 5.98. The normalized spacial score (nSPS) is 9.95. The molecular weight excluding hydrogens is 238 g/mol. The van der Waals surface area contributed by atoms with Gasteiger partial charge in [0.25, 0.3) is 0 Å². The third kappa shape index (κ3) is 3.09. The molecule has 0 saturated heterocycles. The molecular formula is C15H15N3O. The van der Waals surface area contributed by atoms with Crippen molar-refractivity contribution < 1.29 is 5.11 Å². The van der Waals surface area contributed by atoms with Gasteiger partial charge < -0.3 is 10.0 Å². The second-order valence-corrected chi connectivity index (χ2v) is 4.34. The molecule has 0 spiro atoms. The molecule has 1 aromatic carbocycles. The van der Waals surface area contributed by atoms with Gasteiger partial charge in [0, 0.05) is 26.0 Å². The lowest BCUT2D eigenvalue weighted by molar-refractivity contribution is 0.282. The van der Waals surface area contributed by atoms with Crippen LogP contribution in [0.1, 0.15) is 16.7 Å². The maximum atomic E-state index is 9.18. The summed E-state index contributed by atoms with van der Waals surface area (Å²) in [6.07, 6.45) is 3.55. The van der Waals surface area contributed by atoms with Gasteiger partial charge >= 0.3 is 0 Å². The summed E-state index contributed by atoms with van der Waals surface area (Å²) in [5.41, 5.74) is 3.25. The van der Waals surface area contributed by atoms with Crippen LogP contribution in [0.3, 0.4) is 0 Å². The van der Waals surface area contributed by atoms with Crippen molar-refractivity contribution in [2.45, 2.75) is 13.2 Å². The van der Waals surface area contributed by atoms with Gasteiger partial charge in [-0.25, -0.2) is 0 Å². The van der Waals surface area contributed by atoms with Crippen LogP contribution in [0.15, 0.2) is 42.7 Å². The second-order valence-electron chi connectivity index (χ2n) is 4.34. The Labute approximate surface area is 112 Å². The van der Waals surface area contributed by atoms with Crippen molar-refractivity contribution in [3.8, 4) is 6.07 Å². The summed E-state index contributed by atoms with van der Waals surface area (Å²) < 4.78 is 0. The molecule has 4 heteroatoms. The minimum Gasteiger partial charge on any atom is -0.392 e. The van der Waals surface area contributed by atoms with Crippen LogP contribution in [-0.2, 0) is 13.2 Å². The largest absolute Gasteiger partial charge is 0.392 e. The molecule has 0 saturated carbocycles. The van der Waals surface area contributed by atoms with Gasteiger partial charge in [-0.15, -0.1) is 0 Å². The van der Waals surface area contributed by atoms with Gasteiger partial charge in [0.05, 0.1) is 17.9 Å². The number of nitrogens with zero attached hydrogens (tertiary/aromatic N) is 3. The summed E-state index contributed by atoms with van der Waals surface area (Å²) in [5, 5.41) is 18.3. The van der Waals surface area contributed by atoms with E-state index in [1.807, 2.05) is 42.4 Å². The Hall–Kier alpha value is -2.38. The highest BCUT2D eigenvalue weighted by Gasteiger charge is 2.08. The van der Waals surface area contributed by atoms with E-state index in [-0.39, 0.29) is 6.61 Å². The predicted molar refractivity (Wildman–Crippen MR) is 73.4 cm³/mol. The smallest absolute Gasteiger partial charge is 0.101 e. The van der Waals surface area contributed by atoms with Crippen molar-refractivity contribution in [2.24, 2.45) is 0 Å². The monoisotopic (exact) mass is 253 g/mol. The number of aliphatic hydroxyl groups excluding tert-OH is 1. The van der Waals surface area contributed by atoms with Crippen molar-refractivity contribution in [3.05, 3.63) is 59.4 Å². The number of anilines is 1. The first-order chi connectivity index (χ1) is 9.24. The highest BCUT2D eigenvalue weighted by atomic mass is 16.3. The minimum atomic E-state index is -0.0543. The van der Waals surface area contributed by atoms with E-state index in [9.17, 15) is 5.26 Å². The quantitative estimate of drug-likeness (QED) is 0.906. The zero-order chi connectivity index (χ0) is 13.7. The first kappa shape index (κ1) is 13.1. The molecule has 1 aromatic heterocycles. The maximum absolute atomic E-state index is 9.18. The van der Waals surface area contributed by atoms with Crippen LogP contribution < -0.4 is 4.90 Å². The second kappa shape index (κ2) is 5.98. The molecule has 0 unspecified atom stereocenters. The van der Waals surface area contributed by atoms with E-state index in [1.54, 1.807) is 12.3 Å². The van der Waals surface area contributed by atoms with E-state index < -0.39 is 0 Å². The molecule has 0 atom stereocenters. The molecule has 0 radical (unpaired) electrons. The van der Waals surface area contributed by atoms with Gasteiger partial charge in [0.2, 0.25) is 0 Å². The molecule has 2 rings (SSSR count). The Morgan fingerprint density at radius 2 is 2.16 bits per heavy atom. The number of aliphatic hydroxyl groups is 1. The third-order valence-electron chi connectivity index (χ3n) is 2.92. The van der Waals surface area contributed by atoms with Gasteiger partial charge in [-0.1, -0.05) is 12.1 Å². The highest BCUT2D eigenvalue weighted by Crippen LogP contribution is 2.22. The maximum Gasteiger partial charge on any atom is 0.101 e. The first-order valence-electron chi connectivity index (χ1n) is 5.98. The van der Waals surface area contributed by atoms with Crippen LogP contribution in [0.2, 0.25) is 0 Å². The molecule has 96 valence electrons. The lowest BCUT2D eigenvalue weighted by Gasteiger charge is -2.20. The standard InChI is InChI=1S/C15H15N3O/c1-18(10-13-3-2-6-17-9-13)15-5-4-12(11-19)7-14(15)8-16/h2-7,9,19H,10-11H2,1H3. The summed E-state index contributed by atoms with van der Waals surface area (Å²) in [5.74, 6) is 0. The van der Waals surface area contributed by atoms with Crippen molar-refractivity contribution in [1.29, 1.82) is 5.26 Å². The number of nitriles is 1. The molecule has 0 fully saturated rings. The van der Waals surface area contributed by atoms with E-state index in [2.05, 4.69) is 11.1 Å². The van der Waals surface area contributed by atoms with Gasteiger partial charge in [-0.2, -0.15) is 5.26 Å². The number of hydrogen-bond donors (Lipinski definition) is 1. The fourth-order valence-corrected chi connectivity index (χ4v) is 1.95. The predicted octanol–water partition coefficient (Wildman–Crippen LogP) is 2.08. The molecule has 2 aromatic rings. The average Bonchev–Trinajstić information content (AvgIpc) is 2.47. The van der Waals surface area contributed by atoms with Crippen molar-refractivity contribution >= 4 is 5.69 Å². The van der Waals surface area contributed by atoms with Gasteiger partial charge in [0.1, 0.15) is 6.07 Å². The number of pyridine rings is 1. The van der Waals surface area contributed by atoms with Crippen LogP contribution in [0.5, 0.6) is 0 Å². The van der Waals surface area contributed by atoms with E-state index in [4.69, 9.17) is 5.11 Å². The Kier molecular flexibility index (Phi) is 4.11. The molecule has 19 heavy (non-hydrogen) atoms. The Bertz CT molecular complexity index is 590.